The van der Waals surface area contributed by atoms with Gasteiger partial charge in [0.2, 0.25) is 0 Å². The fourth-order valence-corrected chi connectivity index (χ4v) is 6.15. The highest BCUT2D eigenvalue weighted by atomic mass is 32.2. The van der Waals surface area contributed by atoms with Crippen LogP contribution in [0, 0.1) is 29.6 Å². The van der Waals surface area contributed by atoms with Crippen molar-refractivity contribution >= 4 is 39.1 Å². The van der Waals surface area contributed by atoms with Crippen LogP contribution in [0.15, 0.2) is 83.8 Å². The fourth-order valence-electron chi connectivity index (χ4n) is 4.57. The molecule has 2 aromatic rings. The number of ether oxygens (including phenoxy) is 2. The summed E-state index contributed by atoms with van der Waals surface area (Å²) in [7, 11) is -3.68. The third-order valence-electron chi connectivity index (χ3n) is 6.55. The Morgan fingerprint density at radius 1 is 0.976 bits per heavy atom. The maximum Gasteiger partial charge on any atom is 0.330 e. The molecule has 216 valence electrons. The normalized spacial score (nSPS) is 14.1. The first-order valence-corrected chi connectivity index (χ1v) is 14.8. The first kappa shape index (κ1) is 31.6. The largest absolute Gasteiger partial charge is 0.462 e. The van der Waals surface area contributed by atoms with Gasteiger partial charge in [-0.05, 0) is 60.7 Å². The van der Waals surface area contributed by atoms with Gasteiger partial charge in [0.15, 0.2) is 9.84 Å². The van der Waals surface area contributed by atoms with Gasteiger partial charge in [0.25, 0.3) is 0 Å². The van der Waals surface area contributed by atoms with E-state index in [1.165, 1.54) is 6.07 Å². The van der Waals surface area contributed by atoms with Crippen LogP contribution < -0.4 is 4.90 Å². The molecule has 1 aliphatic heterocycles. The number of sulfone groups is 1. The van der Waals surface area contributed by atoms with Gasteiger partial charge in [-0.3, -0.25) is 0 Å². The summed E-state index contributed by atoms with van der Waals surface area (Å²) < 4.78 is 36.4. The van der Waals surface area contributed by atoms with E-state index < -0.39 is 21.8 Å². The average molecular weight is 586 g/mol. The van der Waals surface area contributed by atoms with Crippen molar-refractivity contribution in [3.8, 4) is 12.1 Å². The van der Waals surface area contributed by atoms with E-state index in [0.717, 1.165) is 29.0 Å². The van der Waals surface area contributed by atoms with Gasteiger partial charge < -0.3 is 14.4 Å². The third-order valence-corrected chi connectivity index (χ3v) is 8.26. The van der Waals surface area contributed by atoms with E-state index in [0.29, 0.717) is 42.6 Å². The molecular weight excluding hydrogens is 554 g/mol. The van der Waals surface area contributed by atoms with Gasteiger partial charge in [0.05, 0.1) is 23.9 Å². The standard InChI is InChI=1S/C32H31N3O6S/c1-4-30(36)40-16-8-14-35(15-9-17-41-31(37)5-2)27-13-12-24(23(3)18-27)19-25-22-42(38,39)29-11-7-6-10-28(29)32(25)26(20-33)21-34/h4-7,10-13,18-19H,1-2,8-9,14-17,22H2,3H3/b25-19+. The summed E-state index contributed by atoms with van der Waals surface area (Å²) in [4.78, 5) is 25.0. The van der Waals surface area contributed by atoms with E-state index in [4.69, 9.17) is 9.47 Å². The van der Waals surface area contributed by atoms with E-state index in [2.05, 4.69) is 18.1 Å². The number of hydrogen-bond donors (Lipinski definition) is 0. The quantitative estimate of drug-likeness (QED) is 0.150. The molecule has 3 rings (SSSR count). The van der Waals surface area contributed by atoms with Gasteiger partial charge in [-0.15, -0.1) is 0 Å². The maximum absolute atomic E-state index is 13.1. The number of aryl methyl sites for hydroxylation is 1. The smallest absolute Gasteiger partial charge is 0.330 e. The van der Waals surface area contributed by atoms with Crippen LogP contribution >= 0.6 is 0 Å². The van der Waals surface area contributed by atoms with Gasteiger partial charge in [0, 0.05) is 42.1 Å². The zero-order valence-corrected chi connectivity index (χ0v) is 24.2. The molecule has 2 aromatic carbocycles. The number of anilines is 1. The van der Waals surface area contributed by atoms with Gasteiger partial charge in [-0.25, -0.2) is 18.0 Å². The lowest BCUT2D eigenvalue weighted by Gasteiger charge is -2.26. The number of nitriles is 2. The second-order valence-electron chi connectivity index (χ2n) is 9.38. The molecule has 0 aliphatic carbocycles. The Balaban J connectivity index is 1.94. The Kier molecular flexibility index (Phi) is 11.0. The van der Waals surface area contributed by atoms with Crippen LogP contribution in [-0.2, 0) is 28.9 Å². The average Bonchev–Trinajstić information content (AvgIpc) is 2.98. The molecule has 0 saturated carbocycles. The van der Waals surface area contributed by atoms with E-state index in [1.54, 1.807) is 24.3 Å². The van der Waals surface area contributed by atoms with Gasteiger partial charge in [-0.1, -0.05) is 37.4 Å². The molecular formula is C32H31N3O6S. The molecule has 0 bridgehead atoms. The lowest BCUT2D eigenvalue weighted by atomic mass is 9.92. The molecule has 1 aliphatic rings. The molecule has 0 amide bonds. The number of nitrogens with zero attached hydrogens (tertiary/aromatic N) is 3. The first-order valence-electron chi connectivity index (χ1n) is 13.2. The van der Waals surface area contributed by atoms with Crippen LogP contribution in [-0.4, -0.2) is 52.4 Å². The van der Waals surface area contributed by atoms with Crippen molar-refractivity contribution in [1.29, 1.82) is 10.5 Å². The molecule has 0 radical (unpaired) electrons. The number of hydrogen-bond acceptors (Lipinski definition) is 9. The predicted octanol–water partition coefficient (Wildman–Crippen LogP) is 4.71. The summed E-state index contributed by atoms with van der Waals surface area (Å²) in [5.74, 6) is -1.34. The lowest BCUT2D eigenvalue weighted by Crippen LogP contribution is -2.28. The monoisotopic (exact) mass is 585 g/mol. The summed E-state index contributed by atoms with van der Waals surface area (Å²) in [5, 5.41) is 19.3. The van der Waals surface area contributed by atoms with Crippen LogP contribution in [0.5, 0.6) is 0 Å². The van der Waals surface area contributed by atoms with Crippen LogP contribution in [0.1, 0.15) is 29.5 Å². The molecule has 0 aromatic heterocycles. The Hall–Kier alpha value is -4.93. The molecule has 0 N–H and O–H groups in total. The van der Waals surface area contributed by atoms with Crippen molar-refractivity contribution in [1.82, 2.24) is 0 Å². The molecule has 0 unspecified atom stereocenters. The minimum atomic E-state index is -3.68. The molecule has 10 heteroatoms. The fraction of sp³-hybridized carbons (Fsp3) is 0.250. The van der Waals surface area contributed by atoms with Crippen LogP contribution in [0.2, 0.25) is 0 Å². The molecule has 0 atom stereocenters. The molecule has 42 heavy (non-hydrogen) atoms. The summed E-state index contributed by atoms with van der Waals surface area (Å²) in [6.45, 7) is 10.2. The second kappa shape index (κ2) is 14.6. The highest BCUT2D eigenvalue weighted by Crippen LogP contribution is 2.39. The van der Waals surface area contributed by atoms with Crippen LogP contribution in [0.25, 0.3) is 11.6 Å². The lowest BCUT2D eigenvalue weighted by molar-refractivity contribution is -0.138. The van der Waals surface area contributed by atoms with Crippen molar-refractivity contribution in [2.75, 3.05) is 37.0 Å². The van der Waals surface area contributed by atoms with Crippen molar-refractivity contribution in [2.45, 2.75) is 24.7 Å². The summed E-state index contributed by atoms with van der Waals surface area (Å²) in [5.41, 5.74) is 3.31. The SMILES string of the molecule is C=CC(=O)OCCCN(CCCOC(=O)C=C)c1ccc(/C=C2\CS(=O)(=O)c3ccccc3C2=C(C#N)C#N)c(C)c1. The highest BCUT2D eigenvalue weighted by molar-refractivity contribution is 7.91. The van der Waals surface area contributed by atoms with Crippen molar-refractivity contribution in [3.63, 3.8) is 0 Å². The minimum Gasteiger partial charge on any atom is -0.462 e. The Labute approximate surface area is 246 Å². The molecule has 9 nitrogen and oxygen atoms in total. The van der Waals surface area contributed by atoms with E-state index in [9.17, 15) is 28.5 Å². The summed E-state index contributed by atoms with van der Waals surface area (Å²) in [6, 6.07) is 15.9. The van der Waals surface area contributed by atoms with Crippen LogP contribution in [0.3, 0.4) is 0 Å². The summed E-state index contributed by atoms with van der Waals surface area (Å²) >= 11 is 0. The Morgan fingerprint density at radius 2 is 1.57 bits per heavy atom. The number of rotatable bonds is 12. The molecule has 0 saturated heterocycles. The van der Waals surface area contributed by atoms with E-state index >= 15 is 0 Å². The van der Waals surface area contributed by atoms with Crippen molar-refractivity contribution in [3.05, 3.63) is 95.6 Å². The zero-order chi connectivity index (χ0) is 30.7. The van der Waals surface area contributed by atoms with Gasteiger partial charge >= 0.3 is 11.9 Å². The number of carbonyl (C=O) groups is 2. The Bertz CT molecular complexity index is 1600. The predicted molar refractivity (Wildman–Crippen MR) is 160 cm³/mol. The maximum atomic E-state index is 13.1. The van der Waals surface area contributed by atoms with Crippen molar-refractivity contribution < 1.29 is 27.5 Å². The third kappa shape index (κ3) is 7.84. The van der Waals surface area contributed by atoms with Crippen LogP contribution in [0.4, 0.5) is 5.69 Å². The highest BCUT2D eigenvalue weighted by Gasteiger charge is 2.32. The Morgan fingerprint density at radius 3 is 2.12 bits per heavy atom. The van der Waals surface area contributed by atoms with E-state index in [-0.39, 0.29) is 29.4 Å². The molecule has 0 spiro atoms. The number of carbonyl (C=O) groups excluding carboxylic acids is 2. The van der Waals surface area contributed by atoms with Gasteiger partial charge in [-0.2, -0.15) is 10.5 Å². The van der Waals surface area contributed by atoms with E-state index in [1.807, 2.05) is 37.3 Å². The first-order chi connectivity index (χ1) is 20.1. The number of allylic oxidation sites excluding steroid dienone is 2. The number of fused-ring (bicyclic) bond motifs is 1. The zero-order valence-electron chi connectivity index (χ0n) is 23.3. The summed E-state index contributed by atoms with van der Waals surface area (Å²) in [6.07, 6.45) is 5.02. The number of benzene rings is 2. The topological polar surface area (TPSA) is 138 Å². The number of esters is 2. The second-order valence-corrected chi connectivity index (χ2v) is 11.3. The molecule has 0 fully saturated rings. The minimum absolute atomic E-state index is 0.0976. The van der Waals surface area contributed by atoms with Gasteiger partial charge in [0.1, 0.15) is 17.7 Å². The van der Waals surface area contributed by atoms with Crippen molar-refractivity contribution in [2.24, 2.45) is 0 Å². The molecule has 1 heterocycles.